The molecule has 1 heterocycles. The van der Waals surface area contributed by atoms with Crippen LogP contribution in [-0.4, -0.2) is 16.8 Å². The first kappa shape index (κ1) is 9.31. The summed E-state index contributed by atoms with van der Waals surface area (Å²) >= 11 is 0. The molecule has 0 spiro atoms. The van der Waals surface area contributed by atoms with Crippen molar-refractivity contribution in [3.05, 3.63) is 23.5 Å². The molecule has 0 aromatic carbocycles. The van der Waals surface area contributed by atoms with Gasteiger partial charge in [-0.25, -0.2) is 10.2 Å². The molecule has 5 nitrogen and oxygen atoms in total. The number of rotatable bonds is 2. The molecule has 0 atom stereocenters. The van der Waals surface area contributed by atoms with Crippen LogP contribution in [0.15, 0.2) is 17.2 Å². The standard InChI is InChI=1S/C8H12N4O/c1-6-3-4-7(12(6)2)5-10-11-8(9)13/h3-5H,1-2H3,(H3,9,11,13)/b10-5+. The Hall–Kier alpha value is -1.78. The number of carbonyl (C=O) groups is 1. The number of nitrogens with two attached hydrogens (primary N) is 1. The highest BCUT2D eigenvalue weighted by atomic mass is 16.2. The molecule has 0 saturated carbocycles. The lowest BCUT2D eigenvalue weighted by molar-refractivity contribution is 0.249. The van der Waals surface area contributed by atoms with E-state index in [1.165, 1.54) is 6.21 Å². The number of urea groups is 1. The van der Waals surface area contributed by atoms with Crippen LogP contribution in [0.1, 0.15) is 11.4 Å². The quantitative estimate of drug-likeness (QED) is 0.499. The van der Waals surface area contributed by atoms with Crippen LogP contribution < -0.4 is 11.2 Å². The summed E-state index contributed by atoms with van der Waals surface area (Å²) in [6.07, 6.45) is 1.54. The molecule has 5 heteroatoms. The van der Waals surface area contributed by atoms with E-state index >= 15 is 0 Å². The molecule has 0 aliphatic carbocycles. The number of nitrogens with one attached hydrogen (secondary N) is 1. The van der Waals surface area contributed by atoms with Crippen molar-refractivity contribution in [1.29, 1.82) is 0 Å². The first-order valence-corrected chi connectivity index (χ1v) is 3.82. The highest BCUT2D eigenvalue weighted by Crippen LogP contribution is 2.02. The molecule has 0 aliphatic heterocycles. The Balaban J connectivity index is 2.69. The number of hydrogen-bond acceptors (Lipinski definition) is 2. The van der Waals surface area contributed by atoms with Crippen molar-refractivity contribution in [3.8, 4) is 0 Å². The Morgan fingerprint density at radius 1 is 1.69 bits per heavy atom. The van der Waals surface area contributed by atoms with Crippen LogP contribution in [0.25, 0.3) is 0 Å². The number of carbonyl (C=O) groups excluding carboxylic acids is 1. The fraction of sp³-hybridized carbons (Fsp3) is 0.250. The van der Waals surface area contributed by atoms with Gasteiger partial charge in [0.25, 0.3) is 0 Å². The van der Waals surface area contributed by atoms with E-state index in [-0.39, 0.29) is 0 Å². The van der Waals surface area contributed by atoms with Gasteiger partial charge in [0.15, 0.2) is 0 Å². The Bertz CT molecular complexity index is 340. The lowest BCUT2D eigenvalue weighted by Crippen LogP contribution is -2.24. The van der Waals surface area contributed by atoms with E-state index in [4.69, 9.17) is 5.73 Å². The van der Waals surface area contributed by atoms with Crippen molar-refractivity contribution < 1.29 is 4.79 Å². The monoisotopic (exact) mass is 180 g/mol. The first-order valence-electron chi connectivity index (χ1n) is 3.82. The van der Waals surface area contributed by atoms with Gasteiger partial charge >= 0.3 is 6.03 Å². The molecule has 0 bridgehead atoms. The van der Waals surface area contributed by atoms with E-state index in [0.29, 0.717) is 0 Å². The fourth-order valence-corrected chi connectivity index (χ4v) is 0.925. The fourth-order valence-electron chi connectivity index (χ4n) is 0.925. The van der Waals surface area contributed by atoms with Crippen molar-refractivity contribution in [2.45, 2.75) is 6.92 Å². The molecule has 1 aromatic heterocycles. The van der Waals surface area contributed by atoms with E-state index in [2.05, 4.69) is 10.5 Å². The van der Waals surface area contributed by atoms with Crippen molar-refractivity contribution in [1.82, 2.24) is 9.99 Å². The number of hydrazone groups is 1. The minimum atomic E-state index is -0.665. The highest BCUT2D eigenvalue weighted by Gasteiger charge is 1.96. The largest absolute Gasteiger partial charge is 0.350 e. The second-order valence-corrected chi connectivity index (χ2v) is 2.69. The summed E-state index contributed by atoms with van der Waals surface area (Å²) in [6, 6.07) is 3.20. The number of hydrogen-bond donors (Lipinski definition) is 2. The maximum atomic E-state index is 10.3. The van der Waals surface area contributed by atoms with Crippen molar-refractivity contribution in [2.24, 2.45) is 17.9 Å². The average molecular weight is 180 g/mol. The molecule has 3 N–H and O–H groups in total. The van der Waals surface area contributed by atoms with Gasteiger partial charge in [-0.1, -0.05) is 0 Å². The highest BCUT2D eigenvalue weighted by molar-refractivity contribution is 5.80. The molecular formula is C8H12N4O. The predicted octanol–water partition coefficient (Wildman–Crippen LogP) is 0.336. The summed E-state index contributed by atoms with van der Waals surface area (Å²) in [5.41, 5.74) is 8.99. The molecule has 0 saturated heterocycles. The maximum absolute atomic E-state index is 10.3. The summed E-state index contributed by atoms with van der Waals surface area (Å²) in [5, 5.41) is 3.64. The van der Waals surface area contributed by atoms with Crippen LogP contribution in [-0.2, 0) is 7.05 Å². The average Bonchev–Trinajstić information content (AvgIpc) is 2.35. The van der Waals surface area contributed by atoms with Crippen LogP contribution in [0.3, 0.4) is 0 Å². The molecule has 1 aromatic rings. The Morgan fingerprint density at radius 3 is 2.85 bits per heavy atom. The lowest BCUT2D eigenvalue weighted by atomic mass is 10.4. The van der Waals surface area contributed by atoms with Crippen molar-refractivity contribution in [2.75, 3.05) is 0 Å². The number of primary amides is 1. The zero-order valence-electron chi connectivity index (χ0n) is 7.61. The van der Waals surface area contributed by atoms with E-state index in [1.54, 1.807) is 0 Å². The van der Waals surface area contributed by atoms with Gasteiger partial charge in [-0.05, 0) is 19.1 Å². The predicted molar refractivity (Wildman–Crippen MR) is 50.5 cm³/mol. The van der Waals surface area contributed by atoms with Gasteiger partial charge in [-0.15, -0.1) is 0 Å². The van der Waals surface area contributed by atoms with Crippen LogP contribution in [0.4, 0.5) is 4.79 Å². The maximum Gasteiger partial charge on any atom is 0.332 e. The van der Waals surface area contributed by atoms with E-state index in [0.717, 1.165) is 11.4 Å². The smallest absolute Gasteiger partial charge is 0.332 e. The van der Waals surface area contributed by atoms with Crippen LogP contribution in [0.2, 0.25) is 0 Å². The number of aryl methyl sites for hydroxylation is 1. The van der Waals surface area contributed by atoms with Crippen molar-refractivity contribution >= 4 is 12.2 Å². The van der Waals surface area contributed by atoms with Gasteiger partial charge in [0.05, 0.1) is 11.9 Å². The molecule has 0 radical (unpaired) electrons. The van der Waals surface area contributed by atoms with Gasteiger partial charge in [0.2, 0.25) is 0 Å². The first-order chi connectivity index (χ1) is 6.11. The number of nitrogens with zero attached hydrogens (tertiary/aromatic N) is 2. The second kappa shape index (κ2) is 3.75. The summed E-state index contributed by atoms with van der Waals surface area (Å²) < 4.78 is 1.95. The van der Waals surface area contributed by atoms with Gasteiger partial charge in [-0.2, -0.15) is 5.10 Å². The third-order valence-electron chi connectivity index (χ3n) is 1.78. The third-order valence-corrected chi connectivity index (χ3v) is 1.78. The summed E-state index contributed by atoms with van der Waals surface area (Å²) in [7, 11) is 1.92. The van der Waals surface area contributed by atoms with Crippen LogP contribution >= 0.6 is 0 Å². The third kappa shape index (κ3) is 2.33. The lowest BCUT2D eigenvalue weighted by Gasteiger charge is -1.98. The van der Waals surface area contributed by atoms with E-state index < -0.39 is 6.03 Å². The topological polar surface area (TPSA) is 72.4 Å². The molecule has 0 aliphatic rings. The minimum absolute atomic E-state index is 0.665. The molecule has 0 unspecified atom stereocenters. The van der Waals surface area contributed by atoms with Crippen molar-refractivity contribution in [3.63, 3.8) is 0 Å². The van der Waals surface area contributed by atoms with Crippen LogP contribution in [0.5, 0.6) is 0 Å². The minimum Gasteiger partial charge on any atom is -0.350 e. The summed E-state index contributed by atoms with van der Waals surface area (Å²) in [4.78, 5) is 10.3. The molecular weight excluding hydrogens is 168 g/mol. The van der Waals surface area contributed by atoms with Gasteiger partial charge < -0.3 is 10.3 Å². The number of aromatic nitrogens is 1. The Kier molecular flexibility index (Phi) is 2.69. The van der Waals surface area contributed by atoms with Crippen LogP contribution in [0, 0.1) is 6.92 Å². The SMILES string of the molecule is Cc1ccc(/C=N/NC(N)=O)n1C. The molecule has 13 heavy (non-hydrogen) atoms. The molecule has 2 amide bonds. The zero-order chi connectivity index (χ0) is 9.84. The summed E-state index contributed by atoms with van der Waals surface area (Å²) in [5.74, 6) is 0. The molecule has 70 valence electrons. The normalized spacial score (nSPS) is 10.6. The molecule has 1 rings (SSSR count). The molecule has 0 fully saturated rings. The van der Waals surface area contributed by atoms with Gasteiger partial charge in [0, 0.05) is 12.7 Å². The Morgan fingerprint density at radius 2 is 2.38 bits per heavy atom. The van der Waals surface area contributed by atoms with E-state index in [9.17, 15) is 4.79 Å². The number of amides is 2. The second-order valence-electron chi connectivity index (χ2n) is 2.69. The Labute approximate surface area is 76.2 Å². The van der Waals surface area contributed by atoms with Gasteiger partial charge in [0.1, 0.15) is 0 Å². The van der Waals surface area contributed by atoms with E-state index in [1.807, 2.05) is 30.7 Å². The zero-order valence-corrected chi connectivity index (χ0v) is 7.61. The summed E-state index contributed by atoms with van der Waals surface area (Å²) in [6.45, 7) is 1.98. The van der Waals surface area contributed by atoms with Gasteiger partial charge in [-0.3, -0.25) is 0 Å².